The van der Waals surface area contributed by atoms with Crippen molar-refractivity contribution in [3.63, 3.8) is 0 Å². The quantitative estimate of drug-likeness (QED) is 0.449. The molecule has 1 aromatic carbocycles. The summed E-state index contributed by atoms with van der Waals surface area (Å²) >= 11 is 6.28. The van der Waals surface area contributed by atoms with Crippen molar-refractivity contribution in [2.45, 2.75) is 20.3 Å². The number of hydrogen-bond acceptors (Lipinski definition) is 7. The molecule has 0 saturated carbocycles. The number of fused-ring (bicyclic) bond motifs is 1. The van der Waals surface area contributed by atoms with Crippen LogP contribution >= 0.6 is 11.6 Å². The van der Waals surface area contributed by atoms with Gasteiger partial charge in [0, 0.05) is 55.4 Å². The number of anilines is 1. The molecule has 1 fully saturated rings. The Kier molecular flexibility index (Phi) is 5.88. The number of aromatic hydroxyl groups is 1. The molecule has 2 aromatic rings. The van der Waals surface area contributed by atoms with Crippen molar-refractivity contribution in [3.05, 3.63) is 33.5 Å². The molecular formula is C19H21ClN4O5. The van der Waals surface area contributed by atoms with Gasteiger partial charge in [-0.05, 0) is 6.07 Å². The van der Waals surface area contributed by atoms with Gasteiger partial charge in [0.2, 0.25) is 11.7 Å². The number of pyridine rings is 1. The standard InChI is InChI=1S/C19H21ClN4O5/c1-11(2)15(25)10-16(26)23-7-5-22(6-8-23)13-3-4-21-18-17(13)12(20)9-14(19(18)27)24(28)29/h3-4,9,11,27H,5-8,10H2,1-2H3. The van der Waals surface area contributed by atoms with Crippen LogP contribution in [-0.2, 0) is 9.59 Å². The number of phenolic OH excluding ortho intramolecular Hbond substituents is 1. The molecule has 29 heavy (non-hydrogen) atoms. The number of carbonyl (C=O) groups excluding carboxylic acids is 2. The Bertz CT molecular complexity index is 986. The van der Waals surface area contributed by atoms with Crippen molar-refractivity contribution in [1.82, 2.24) is 9.88 Å². The fourth-order valence-electron chi connectivity index (χ4n) is 3.31. The Morgan fingerprint density at radius 3 is 2.55 bits per heavy atom. The van der Waals surface area contributed by atoms with E-state index in [2.05, 4.69) is 4.98 Å². The summed E-state index contributed by atoms with van der Waals surface area (Å²) in [5.74, 6) is -0.977. The highest BCUT2D eigenvalue weighted by Crippen LogP contribution is 2.42. The van der Waals surface area contributed by atoms with Crippen LogP contribution in [0.4, 0.5) is 11.4 Å². The predicted molar refractivity (Wildman–Crippen MR) is 108 cm³/mol. The molecular weight excluding hydrogens is 400 g/mol. The number of phenols is 1. The number of halogens is 1. The third kappa shape index (κ3) is 4.09. The van der Waals surface area contributed by atoms with Gasteiger partial charge in [0.05, 0.1) is 16.4 Å². The van der Waals surface area contributed by atoms with Gasteiger partial charge >= 0.3 is 5.69 Å². The van der Waals surface area contributed by atoms with Gasteiger partial charge in [-0.25, -0.2) is 0 Å². The predicted octanol–water partition coefficient (Wildman–Crippen LogP) is 2.77. The fraction of sp³-hybridized carbons (Fsp3) is 0.421. The first kappa shape index (κ1) is 20.8. The van der Waals surface area contributed by atoms with Crippen molar-refractivity contribution >= 4 is 45.6 Å². The van der Waals surface area contributed by atoms with Crippen molar-refractivity contribution in [3.8, 4) is 5.75 Å². The van der Waals surface area contributed by atoms with Crippen LogP contribution < -0.4 is 4.90 Å². The van der Waals surface area contributed by atoms with Crippen LogP contribution in [0.25, 0.3) is 10.9 Å². The lowest BCUT2D eigenvalue weighted by atomic mass is 10.1. The number of nitro benzene ring substituents is 1. The molecule has 154 valence electrons. The van der Waals surface area contributed by atoms with E-state index in [-0.39, 0.29) is 34.6 Å². The highest BCUT2D eigenvalue weighted by molar-refractivity contribution is 6.37. The van der Waals surface area contributed by atoms with E-state index < -0.39 is 16.4 Å². The van der Waals surface area contributed by atoms with Crippen LogP contribution in [0.15, 0.2) is 18.3 Å². The Balaban J connectivity index is 1.83. The first-order chi connectivity index (χ1) is 13.7. The van der Waals surface area contributed by atoms with Crippen LogP contribution in [0.3, 0.4) is 0 Å². The minimum Gasteiger partial charge on any atom is -0.501 e. The Morgan fingerprint density at radius 1 is 1.31 bits per heavy atom. The first-order valence-corrected chi connectivity index (χ1v) is 9.58. The Hall–Kier alpha value is -2.94. The number of hydrogen-bond donors (Lipinski definition) is 1. The van der Waals surface area contributed by atoms with Crippen molar-refractivity contribution < 1.29 is 19.6 Å². The van der Waals surface area contributed by atoms with E-state index in [1.807, 2.05) is 4.90 Å². The van der Waals surface area contributed by atoms with Crippen molar-refractivity contribution in [2.24, 2.45) is 5.92 Å². The molecule has 1 aliphatic heterocycles. The van der Waals surface area contributed by atoms with E-state index >= 15 is 0 Å². The molecule has 0 aliphatic carbocycles. The molecule has 0 atom stereocenters. The topological polar surface area (TPSA) is 117 Å². The van der Waals surface area contributed by atoms with Gasteiger partial charge in [0.15, 0.2) is 0 Å². The van der Waals surface area contributed by atoms with Gasteiger partial charge in [-0.15, -0.1) is 0 Å². The average Bonchev–Trinajstić information content (AvgIpc) is 2.69. The van der Waals surface area contributed by atoms with E-state index in [1.54, 1.807) is 24.8 Å². The van der Waals surface area contributed by atoms with Crippen LogP contribution in [0.2, 0.25) is 5.02 Å². The molecule has 0 spiro atoms. The average molecular weight is 421 g/mol. The number of aromatic nitrogens is 1. The third-order valence-corrected chi connectivity index (χ3v) is 5.34. The first-order valence-electron chi connectivity index (χ1n) is 9.20. The second-order valence-electron chi connectivity index (χ2n) is 7.20. The number of rotatable bonds is 5. The maximum absolute atomic E-state index is 12.3. The van der Waals surface area contributed by atoms with Crippen LogP contribution in [0, 0.1) is 16.0 Å². The number of amides is 1. The lowest BCUT2D eigenvalue weighted by Gasteiger charge is -2.36. The number of carbonyl (C=O) groups is 2. The smallest absolute Gasteiger partial charge is 0.314 e. The van der Waals surface area contributed by atoms with Gasteiger partial charge in [-0.1, -0.05) is 25.4 Å². The van der Waals surface area contributed by atoms with E-state index in [4.69, 9.17) is 11.6 Å². The summed E-state index contributed by atoms with van der Waals surface area (Å²) in [4.78, 5) is 42.3. The zero-order chi connectivity index (χ0) is 21.3. The van der Waals surface area contributed by atoms with Gasteiger partial charge in [-0.2, -0.15) is 0 Å². The molecule has 1 aliphatic rings. The minimum absolute atomic E-state index is 0.0581. The molecule has 0 radical (unpaired) electrons. The number of piperazine rings is 1. The molecule has 1 aromatic heterocycles. The number of ketones is 1. The van der Waals surface area contributed by atoms with Crippen LogP contribution in [-0.4, -0.2) is 57.8 Å². The maximum atomic E-state index is 12.3. The second-order valence-corrected chi connectivity index (χ2v) is 7.61. The molecule has 2 heterocycles. The summed E-state index contributed by atoms with van der Waals surface area (Å²) in [5.41, 5.74) is 0.232. The Morgan fingerprint density at radius 2 is 1.97 bits per heavy atom. The summed E-state index contributed by atoms with van der Waals surface area (Å²) in [7, 11) is 0. The van der Waals surface area contributed by atoms with E-state index in [0.717, 1.165) is 6.07 Å². The fourth-order valence-corrected chi connectivity index (χ4v) is 3.60. The number of nitro groups is 1. The highest BCUT2D eigenvalue weighted by atomic mass is 35.5. The summed E-state index contributed by atoms with van der Waals surface area (Å²) in [6.07, 6.45) is 1.36. The molecule has 10 heteroatoms. The lowest BCUT2D eigenvalue weighted by molar-refractivity contribution is -0.385. The monoisotopic (exact) mass is 420 g/mol. The SMILES string of the molecule is CC(C)C(=O)CC(=O)N1CCN(c2ccnc3c(O)c([N+](=O)[O-])cc(Cl)c23)CC1. The summed E-state index contributed by atoms with van der Waals surface area (Å²) in [6, 6.07) is 2.83. The summed E-state index contributed by atoms with van der Waals surface area (Å²) in [5, 5.41) is 21.9. The zero-order valence-electron chi connectivity index (χ0n) is 16.1. The number of Topliss-reactive ketones (excluding diaryl/α,β-unsaturated/α-hetero) is 1. The molecule has 9 nitrogen and oxygen atoms in total. The molecule has 3 rings (SSSR count). The molecule has 0 unspecified atom stereocenters. The van der Waals surface area contributed by atoms with Crippen molar-refractivity contribution in [1.29, 1.82) is 0 Å². The zero-order valence-corrected chi connectivity index (χ0v) is 16.8. The van der Waals surface area contributed by atoms with Gasteiger partial charge < -0.3 is 14.9 Å². The maximum Gasteiger partial charge on any atom is 0.314 e. The second kappa shape index (κ2) is 8.20. The molecule has 1 saturated heterocycles. The molecule has 1 amide bonds. The molecule has 0 bridgehead atoms. The van der Waals surface area contributed by atoms with E-state index in [1.165, 1.54) is 6.20 Å². The largest absolute Gasteiger partial charge is 0.501 e. The highest BCUT2D eigenvalue weighted by Gasteiger charge is 2.27. The summed E-state index contributed by atoms with van der Waals surface area (Å²) < 4.78 is 0. The normalized spacial score (nSPS) is 14.5. The third-order valence-electron chi connectivity index (χ3n) is 5.04. The van der Waals surface area contributed by atoms with Gasteiger partial charge in [0.25, 0.3) is 0 Å². The van der Waals surface area contributed by atoms with Crippen molar-refractivity contribution in [2.75, 3.05) is 31.1 Å². The summed E-state index contributed by atoms with van der Waals surface area (Å²) in [6.45, 7) is 5.40. The van der Waals surface area contributed by atoms with Crippen LogP contribution in [0.5, 0.6) is 5.75 Å². The van der Waals surface area contributed by atoms with E-state index in [0.29, 0.717) is 37.3 Å². The lowest BCUT2D eigenvalue weighted by Crippen LogP contribution is -2.49. The van der Waals surface area contributed by atoms with Gasteiger partial charge in [0.1, 0.15) is 11.3 Å². The Labute approximate surface area is 172 Å². The minimum atomic E-state index is -0.710. The number of nitrogens with zero attached hydrogens (tertiary/aromatic N) is 4. The van der Waals surface area contributed by atoms with Gasteiger partial charge in [-0.3, -0.25) is 24.7 Å². The van der Waals surface area contributed by atoms with E-state index in [9.17, 15) is 24.8 Å². The van der Waals surface area contributed by atoms with Crippen LogP contribution in [0.1, 0.15) is 20.3 Å². The molecule has 1 N–H and O–H groups in total. The number of benzene rings is 1.